The zero-order chi connectivity index (χ0) is 17.9. The molecular weight excluding hydrogens is 308 g/mol. The Bertz CT molecular complexity index is 384. The van der Waals surface area contributed by atoms with Crippen LogP contribution in [0, 0.1) is 5.41 Å². The summed E-state index contributed by atoms with van der Waals surface area (Å²) in [6.07, 6.45) is 0.842. The van der Waals surface area contributed by atoms with Crippen LogP contribution in [-0.4, -0.2) is 50.3 Å². The molecule has 0 aromatic carbocycles. The fourth-order valence-corrected chi connectivity index (χ4v) is 1.52. The minimum absolute atomic E-state index is 0.209. The molecule has 0 unspecified atom stereocenters. The van der Waals surface area contributed by atoms with Gasteiger partial charge in [0.1, 0.15) is 31.8 Å². The largest absolute Gasteiger partial charge is 0.465 e. The summed E-state index contributed by atoms with van der Waals surface area (Å²) in [7, 11) is 0. The fourth-order valence-electron chi connectivity index (χ4n) is 1.52. The van der Waals surface area contributed by atoms with Gasteiger partial charge in [-0.2, -0.15) is 0 Å². The maximum absolute atomic E-state index is 11.6. The Hall–Kier alpha value is -2.12. The van der Waals surface area contributed by atoms with Gasteiger partial charge in [-0.15, -0.1) is 0 Å². The predicted octanol–water partition coefficient (Wildman–Crippen LogP) is 1.01. The van der Waals surface area contributed by atoms with E-state index in [9.17, 15) is 19.2 Å². The summed E-state index contributed by atoms with van der Waals surface area (Å²) in [6, 6.07) is 0. The zero-order valence-electron chi connectivity index (χ0n) is 14.0. The summed E-state index contributed by atoms with van der Waals surface area (Å²) in [5.41, 5.74) is -1.15. The van der Waals surface area contributed by atoms with Crippen LogP contribution in [0.3, 0.4) is 0 Å². The fraction of sp³-hybridized carbons (Fsp3) is 0.733. The number of hydrogen-bond donors (Lipinski definition) is 0. The first-order valence-electron chi connectivity index (χ1n) is 7.26. The maximum atomic E-state index is 11.6. The molecule has 0 aliphatic carbocycles. The summed E-state index contributed by atoms with van der Waals surface area (Å²) < 4.78 is 20.0. The van der Waals surface area contributed by atoms with Crippen molar-refractivity contribution in [1.82, 2.24) is 0 Å². The van der Waals surface area contributed by atoms with Crippen molar-refractivity contribution in [2.45, 2.75) is 40.5 Å². The van der Waals surface area contributed by atoms with Gasteiger partial charge in [-0.1, -0.05) is 6.92 Å². The molecule has 0 N–H and O–H groups in total. The lowest BCUT2D eigenvalue weighted by atomic mass is 9.92. The van der Waals surface area contributed by atoms with Gasteiger partial charge < -0.3 is 18.9 Å². The lowest BCUT2D eigenvalue weighted by Gasteiger charge is -2.31. The van der Waals surface area contributed by atoms with Crippen LogP contribution in [0.5, 0.6) is 0 Å². The third-order valence-corrected chi connectivity index (χ3v) is 2.74. The first kappa shape index (κ1) is 20.9. The number of carbonyl (C=O) groups is 4. The molecule has 0 saturated carbocycles. The van der Waals surface area contributed by atoms with Gasteiger partial charge in [-0.25, -0.2) is 0 Å². The molecule has 0 aromatic rings. The number of esters is 4. The Kier molecular flexibility index (Phi) is 9.60. The quantitative estimate of drug-likeness (QED) is 0.431. The van der Waals surface area contributed by atoms with Gasteiger partial charge >= 0.3 is 23.9 Å². The van der Waals surface area contributed by atoms with E-state index >= 15 is 0 Å². The van der Waals surface area contributed by atoms with Crippen LogP contribution >= 0.6 is 0 Å². The average Bonchev–Trinajstić information content (AvgIpc) is 2.45. The van der Waals surface area contributed by atoms with Crippen LogP contribution < -0.4 is 0 Å². The third kappa shape index (κ3) is 10.3. The number of rotatable bonds is 10. The molecule has 0 saturated heterocycles. The minimum atomic E-state index is -1.15. The van der Waals surface area contributed by atoms with Gasteiger partial charge in [0, 0.05) is 27.2 Å². The van der Waals surface area contributed by atoms with Gasteiger partial charge in [-0.3, -0.25) is 19.2 Å². The van der Waals surface area contributed by atoms with Crippen molar-refractivity contribution in [1.29, 1.82) is 0 Å². The molecule has 132 valence electrons. The second kappa shape index (κ2) is 10.6. The molecular formula is C15H24O8. The van der Waals surface area contributed by atoms with E-state index < -0.39 is 29.3 Å². The third-order valence-electron chi connectivity index (χ3n) is 2.74. The highest BCUT2D eigenvalue weighted by Gasteiger charge is 2.37. The highest BCUT2D eigenvalue weighted by Crippen LogP contribution is 2.21. The SMILES string of the molecule is CCCC(=O)OCC(COC(C)=O)(COC(C)=O)COC(C)=O. The standard InChI is InChI=1S/C15H24O8/c1-5-6-14(19)23-10-15(7-20-11(2)16,8-21-12(3)17)9-22-13(4)18/h5-10H2,1-4H3. The van der Waals surface area contributed by atoms with Crippen molar-refractivity contribution in [2.75, 3.05) is 26.4 Å². The molecule has 8 nitrogen and oxygen atoms in total. The monoisotopic (exact) mass is 332 g/mol. The first-order valence-corrected chi connectivity index (χ1v) is 7.26. The molecule has 0 spiro atoms. The minimum Gasteiger partial charge on any atom is -0.465 e. The van der Waals surface area contributed by atoms with E-state index in [1.165, 1.54) is 20.8 Å². The molecule has 8 heteroatoms. The Morgan fingerprint density at radius 3 is 1.35 bits per heavy atom. The molecule has 0 radical (unpaired) electrons. The summed E-state index contributed by atoms with van der Waals surface area (Å²) in [6.45, 7) is 4.60. The van der Waals surface area contributed by atoms with Crippen molar-refractivity contribution >= 4 is 23.9 Å². The predicted molar refractivity (Wildman–Crippen MR) is 78.2 cm³/mol. The van der Waals surface area contributed by atoms with Crippen molar-refractivity contribution in [3.63, 3.8) is 0 Å². The Balaban J connectivity index is 5.06. The average molecular weight is 332 g/mol. The smallest absolute Gasteiger partial charge is 0.305 e. The van der Waals surface area contributed by atoms with Gasteiger partial charge in [0.15, 0.2) is 0 Å². The van der Waals surface area contributed by atoms with Crippen LogP contribution in [0.15, 0.2) is 0 Å². The zero-order valence-corrected chi connectivity index (χ0v) is 14.0. The van der Waals surface area contributed by atoms with Gasteiger partial charge in [0.05, 0.1) is 0 Å². The first-order chi connectivity index (χ1) is 10.7. The van der Waals surface area contributed by atoms with E-state index in [-0.39, 0.29) is 32.8 Å². The summed E-state index contributed by atoms with van der Waals surface area (Å²) >= 11 is 0. The van der Waals surface area contributed by atoms with Crippen LogP contribution in [0.1, 0.15) is 40.5 Å². The molecule has 0 aromatic heterocycles. The molecule has 0 heterocycles. The van der Waals surface area contributed by atoms with Crippen molar-refractivity contribution in [3.05, 3.63) is 0 Å². The Morgan fingerprint density at radius 1 is 0.696 bits per heavy atom. The van der Waals surface area contributed by atoms with Crippen molar-refractivity contribution < 1.29 is 38.1 Å². The number of hydrogen-bond acceptors (Lipinski definition) is 8. The van der Waals surface area contributed by atoms with E-state index in [0.717, 1.165) is 0 Å². The molecule has 23 heavy (non-hydrogen) atoms. The topological polar surface area (TPSA) is 105 Å². The normalized spacial score (nSPS) is 10.6. The Labute approximate surface area is 135 Å². The van der Waals surface area contributed by atoms with Crippen LogP contribution in [0.2, 0.25) is 0 Å². The van der Waals surface area contributed by atoms with Gasteiger partial charge in [-0.05, 0) is 6.42 Å². The van der Waals surface area contributed by atoms with Crippen molar-refractivity contribution in [3.8, 4) is 0 Å². The molecule has 0 atom stereocenters. The van der Waals surface area contributed by atoms with Crippen LogP contribution in [0.4, 0.5) is 0 Å². The maximum Gasteiger partial charge on any atom is 0.305 e. The molecule has 0 amide bonds. The lowest BCUT2D eigenvalue weighted by molar-refractivity contribution is -0.168. The number of carbonyl (C=O) groups excluding carboxylic acids is 4. The summed E-state index contributed by atoms with van der Waals surface area (Å²) in [4.78, 5) is 44.7. The van der Waals surface area contributed by atoms with Crippen LogP contribution in [0.25, 0.3) is 0 Å². The van der Waals surface area contributed by atoms with Gasteiger partial charge in [0.25, 0.3) is 0 Å². The number of ether oxygens (including phenoxy) is 4. The molecule has 0 bridgehead atoms. The summed E-state index contributed by atoms with van der Waals surface area (Å²) in [5.74, 6) is -2.11. The summed E-state index contributed by atoms with van der Waals surface area (Å²) in [5, 5.41) is 0. The van der Waals surface area contributed by atoms with E-state index in [1.54, 1.807) is 0 Å². The molecule has 0 aliphatic rings. The second-order valence-corrected chi connectivity index (χ2v) is 5.25. The highest BCUT2D eigenvalue weighted by atomic mass is 16.6. The molecule has 0 rings (SSSR count). The lowest BCUT2D eigenvalue weighted by Crippen LogP contribution is -2.43. The van der Waals surface area contributed by atoms with E-state index in [0.29, 0.717) is 6.42 Å². The van der Waals surface area contributed by atoms with E-state index in [4.69, 9.17) is 18.9 Å². The molecule has 0 fully saturated rings. The molecule has 0 aliphatic heterocycles. The second-order valence-electron chi connectivity index (χ2n) is 5.25. The van der Waals surface area contributed by atoms with Crippen molar-refractivity contribution in [2.24, 2.45) is 5.41 Å². The van der Waals surface area contributed by atoms with E-state index in [2.05, 4.69) is 0 Å². The van der Waals surface area contributed by atoms with Crippen LogP contribution in [-0.2, 0) is 38.1 Å². The Morgan fingerprint density at radius 2 is 1.04 bits per heavy atom. The van der Waals surface area contributed by atoms with Gasteiger partial charge in [0.2, 0.25) is 0 Å². The van der Waals surface area contributed by atoms with E-state index in [1.807, 2.05) is 6.92 Å². The highest BCUT2D eigenvalue weighted by molar-refractivity contribution is 5.69.